The van der Waals surface area contributed by atoms with E-state index in [1.807, 2.05) is 12.2 Å². The third-order valence-electron chi connectivity index (χ3n) is 3.84. The molecule has 0 aliphatic rings. The summed E-state index contributed by atoms with van der Waals surface area (Å²) in [5.41, 5.74) is 0. The van der Waals surface area contributed by atoms with Crippen molar-refractivity contribution < 1.29 is 20.1 Å². The summed E-state index contributed by atoms with van der Waals surface area (Å²) in [6.07, 6.45) is 18.7. The first kappa shape index (κ1) is 22.6. The number of carboxylic acid groups (broad SMARTS) is 1. The topological polar surface area (TPSA) is 77.8 Å². The Labute approximate surface area is 146 Å². The zero-order valence-corrected chi connectivity index (χ0v) is 14.9. The van der Waals surface area contributed by atoms with Gasteiger partial charge in [-0.3, -0.25) is 0 Å². The van der Waals surface area contributed by atoms with E-state index in [0.29, 0.717) is 12.8 Å². The summed E-state index contributed by atoms with van der Waals surface area (Å²) in [6.45, 7) is 2.18. The minimum atomic E-state index is -0.955. The summed E-state index contributed by atoms with van der Waals surface area (Å²) in [7, 11) is 0. The molecule has 0 amide bonds. The van der Waals surface area contributed by atoms with Crippen LogP contribution in [0, 0.1) is 0 Å². The zero-order valence-electron chi connectivity index (χ0n) is 14.9. The minimum Gasteiger partial charge on any atom is -0.478 e. The molecule has 0 aliphatic heterocycles. The number of aliphatic hydroxyl groups is 2. The van der Waals surface area contributed by atoms with Gasteiger partial charge in [-0.05, 0) is 38.5 Å². The summed E-state index contributed by atoms with van der Waals surface area (Å²) >= 11 is 0. The fourth-order valence-corrected chi connectivity index (χ4v) is 2.39. The summed E-state index contributed by atoms with van der Waals surface area (Å²) in [6, 6.07) is 0. The van der Waals surface area contributed by atoms with E-state index in [2.05, 4.69) is 6.92 Å². The van der Waals surface area contributed by atoms with E-state index in [1.165, 1.54) is 25.3 Å². The van der Waals surface area contributed by atoms with Gasteiger partial charge in [-0.2, -0.15) is 0 Å². The molecule has 0 saturated carbocycles. The maximum atomic E-state index is 10.2. The highest BCUT2D eigenvalue weighted by Crippen LogP contribution is 2.13. The van der Waals surface area contributed by atoms with Gasteiger partial charge in [0.1, 0.15) is 0 Å². The second-order valence-electron chi connectivity index (χ2n) is 6.18. The monoisotopic (exact) mass is 338 g/mol. The molecule has 0 aromatic carbocycles. The normalized spacial score (nSPS) is 14.8. The Morgan fingerprint density at radius 1 is 0.833 bits per heavy atom. The Morgan fingerprint density at radius 3 is 2.08 bits per heavy atom. The lowest BCUT2D eigenvalue weighted by Gasteiger charge is -2.14. The number of unbranched alkanes of at least 4 members (excludes halogenated alkanes) is 4. The predicted octanol–water partition coefficient (Wildman–Crippen LogP) is 4.38. The Kier molecular flexibility index (Phi) is 15.5. The number of hydrogen-bond acceptors (Lipinski definition) is 3. The van der Waals surface area contributed by atoms with Gasteiger partial charge in [0.25, 0.3) is 0 Å². The van der Waals surface area contributed by atoms with Gasteiger partial charge in [0.15, 0.2) is 0 Å². The van der Waals surface area contributed by atoms with Crippen molar-refractivity contribution in [3.63, 3.8) is 0 Å². The highest BCUT2D eigenvalue weighted by atomic mass is 16.4. The quantitative estimate of drug-likeness (QED) is 0.235. The van der Waals surface area contributed by atoms with Crippen molar-refractivity contribution in [1.29, 1.82) is 0 Å². The Morgan fingerprint density at radius 2 is 1.46 bits per heavy atom. The molecule has 3 N–H and O–H groups in total. The first-order chi connectivity index (χ1) is 11.6. The van der Waals surface area contributed by atoms with Crippen LogP contribution < -0.4 is 0 Å². The van der Waals surface area contributed by atoms with E-state index < -0.39 is 5.97 Å². The van der Waals surface area contributed by atoms with E-state index in [9.17, 15) is 15.0 Å². The molecule has 138 valence electrons. The molecule has 2 unspecified atom stereocenters. The third kappa shape index (κ3) is 17.0. The molecule has 0 fully saturated rings. The lowest BCUT2D eigenvalue weighted by Crippen LogP contribution is -2.13. The summed E-state index contributed by atoms with van der Waals surface area (Å²) < 4.78 is 0. The maximum Gasteiger partial charge on any atom is 0.328 e. The van der Waals surface area contributed by atoms with Gasteiger partial charge in [0, 0.05) is 6.08 Å². The number of hydrogen-bond donors (Lipinski definition) is 3. The SMILES string of the molecule is CCCCCCC(O)CCC(O)CCCC=CC=CC=CC(=O)O. The van der Waals surface area contributed by atoms with Crippen LogP contribution in [0.3, 0.4) is 0 Å². The van der Waals surface area contributed by atoms with Crippen molar-refractivity contribution in [3.05, 3.63) is 36.5 Å². The van der Waals surface area contributed by atoms with Crippen LogP contribution >= 0.6 is 0 Å². The van der Waals surface area contributed by atoms with Crippen molar-refractivity contribution in [2.45, 2.75) is 83.3 Å². The molecule has 0 bridgehead atoms. The second-order valence-corrected chi connectivity index (χ2v) is 6.18. The van der Waals surface area contributed by atoms with E-state index in [-0.39, 0.29) is 12.2 Å². The van der Waals surface area contributed by atoms with Gasteiger partial charge < -0.3 is 15.3 Å². The molecular formula is C20H34O4. The molecule has 2 atom stereocenters. The number of carboxylic acids is 1. The first-order valence-electron chi connectivity index (χ1n) is 9.15. The fourth-order valence-electron chi connectivity index (χ4n) is 2.39. The number of aliphatic carboxylic acids is 1. The van der Waals surface area contributed by atoms with Crippen LogP contribution in [0.2, 0.25) is 0 Å². The van der Waals surface area contributed by atoms with Crippen LogP contribution in [0.15, 0.2) is 36.5 Å². The highest BCUT2D eigenvalue weighted by molar-refractivity contribution is 5.80. The van der Waals surface area contributed by atoms with Gasteiger partial charge in [-0.15, -0.1) is 0 Å². The van der Waals surface area contributed by atoms with Gasteiger partial charge in [-0.25, -0.2) is 4.79 Å². The average molecular weight is 338 g/mol. The zero-order chi connectivity index (χ0) is 18.0. The molecule has 4 heteroatoms. The number of carbonyl (C=O) groups is 1. The molecule has 0 aromatic rings. The molecule has 0 heterocycles. The van der Waals surface area contributed by atoms with E-state index in [4.69, 9.17) is 5.11 Å². The molecule has 4 nitrogen and oxygen atoms in total. The van der Waals surface area contributed by atoms with Crippen LogP contribution in [-0.2, 0) is 4.79 Å². The first-order valence-corrected chi connectivity index (χ1v) is 9.15. The van der Waals surface area contributed by atoms with Gasteiger partial charge >= 0.3 is 5.97 Å². The van der Waals surface area contributed by atoms with Gasteiger partial charge in [0.2, 0.25) is 0 Å². The highest BCUT2D eigenvalue weighted by Gasteiger charge is 2.08. The number of allylic oxidation sites excluding steroid dienone is 5. The van der Waals surface area contributed by atoms with Crippen LogP contribution in [0.25, 0.3) is 0 Å². The Balaban J connectivity index is 3.58. The fraction of sp³-hybridized carbons (Fsp3) is 0.650. The molecule has 0 aliphatic carbocycles. The van der Waals surface area contributed by atoms with Crippen LogP contribution in [0.4, 0.5) is 0 Å². The molecule has 24 heavy (non-hydrogen) atoms. The molecule has 0 saturated heterocycles. The Hall–Kier alpha value is -1.39. The molecule has 0 rings (SSSR count). The van der Waals surface area contributed by atoms with Crippen LogP contribution in [0.5, 0.6) is 0 Å². The summed E-state index contributed by atoms with van der Waals surface area (Å²) in [5.74, 6) is -0.955. The van der Waals surface area contributed by atoms with E-state index in [0.717, 1.165) is 38.2 Å². The maximum absolute atomic E-state index is 10.2. The number of rotatable bonds is 15. The van der Waals surface area contributed by atoms with Crippen molar-refractivity contribution in [3.8, 4) is 0 Å². The van der Waals surface area contributed by atoms with Crippen LogP contribution in [0.1, 0.15) is 71.1 Å². The lowest BCUT2D eigenvalue weighted by atomic mass is 10.0. The lowest BCUT2D eigenvalue weighted by molar-refractivity contribution is -0.131. The van der Waals surface area contributed by atoms with Crippen LogP contribution in [-0.4, -0.2) is 33.5 Å². The van der Waals surface area contributed by atoms with Gasteiger partial charge in [0.05, 0.1) is 12.2 Å². The van der Waals surface area contributed by atoms with Crippen molar-refractivity contribution in [2.75, 3.05) is 0 Å². The van der Waals surface area contributed by atoms with E-state index in [1.54, 1.807) is 12.2 Å². The smallest absolute Gasteiger partial charge is 0.328 e. The van der Waals surface area contributed by atoms with Crippen molar-refractivity contribution in [2.24, 2.45) is 0 Å². The van der Waals surface area contributed by atoms with Gasteiger partial charge in [-0.1, -0.05) is 63.0 Å². The summed E-state index contributed by atoms with van der Waals surface area (Å²) in [4.78, 5) is 10.2. The second kappa shape index (κ2) is 16.5. The largest absolute Gasteiger partial charge is 0.478 e. The third-order valence-corrected chi connectivity index (χ3v) is 3.84. The average Bonchev–Trinajstić information content (AvgIpc) is 2.55. The van der Waals surface area contributed by atoms with Crippen molar-refractivity contribution >= 4 is 5.97 Å². The van der Waals surface area contributed by atoms with Crippen molar-refractivity contribution in [1.82, 2.24) is 0 Å². The molecular weight excluding hydrogens is 304 g/mol. The van der Waals surface area contributed by atoms with E-state index >= 15 is 0 Å². The molecule has 0 spiro atoms. The molecule has 0 aromatic heterocycles. The number of aliphatic hydroxyl groups excluding tert-OH is 2. The predicted molar refractivity (Wildman–Crippen MR) is 98.9 cm³/mol. The standard InChI is InChI=1S/C20H34O4/c1-2-3-4-10-13-18(21)16-17-19(22)14-11-8-6-5-7-9-12-15-20(23)24/h5-7,9,12,15,18-19,21-22H,2-4,8,10-11,13-14,16-17H2,1H3,(H,23,24). The summed E-state index contributed by atoms with van der Waals surface area (Å²) in [5, 5.41) is 28.2. The minimum absolute atomic E-state index is 0.277. The Bertz CT molecular complexity index is 385. The molecule has 0 radical (unpaired) electrons.